The van der Waals surface area contributed by atoms with Gasteiger partial charge in [0.05, 0.1) is 11.4 Å². The van der Waals surface area contributed by atoms with E-state index in [4.69, 9.17) is 0 Å². The molecule has 7 heteroatoms. The predicted molar refractivity (Wildman–Crippen MR) is 72.0 cm³/mol. The van der Waals surface area contributed by atoms with E-state index >= 15 is 0 Å². The Morgan fingerprint density at radius 2 is 1.10 bits per heavy atom. The number of aryl methyl sites for hydroxylation is 1. The molecular formula is C13H12BF4N2-. The Hall–Kier alpha value is -2.18. The van der Waals surface area contributed by atoms with Gasteiger partial charge >= 0.3 is 7.25 Å². The summed E-state index contributed by atoms with van der Waals surface area (Å²) in [5, 5.41) is 8.27. The lowest BCUT2D eigenvalue weighted by molar-refractivity contribution is 0.368. The average molecular weight is 283 g/mol. The first-order chi connectivity index (χ1) is 9.34. The number of halogens is 4. The highest BCUT2D eigenvalue weighted by Gasteiger charge is 2.20. The summed E-state index contributed by atoms with van der Waals surface area (Å²) in [4.78, 5) is 0. The Morgan fingerprint density at radius 1 is 0.700 bits per heavy atom. The molecule has 0 saturated carbocycles. The molecule has 0 fully saturated rings. The number of hydrogen-bond acceptors (Lipinski definition) is 2. The fourth-order valence-electron chi connectivity index (χ4n) is 1.22. The van der Waals surface area contributed by atoms with Crippen LogP contribution in [-0.4, -0.2) is 7.25 Å². The summed E-state index contributed by atoms with van der Waals surface area (Å²) in [5.41, 5.74) is 2.98. The standard InChI is InChI=1S/C13H12N2.BF4/c1-11-7-9-13(10-8-11)15-14-12-5-3-2-4-6-12;2-1(3,4)5/h2-10H,1H3;/q;-1. The van der Waals surface area contributed by atoms with Crippen LogP contribution >= 0.6 is 0 Å². The molecule has 0 N–H and O–H groups in total. The van der Waals surface area contributed by atoms with Crippen LogP contribution in [0.5, 0.6) is 0 Å². The van der Waals surface area contributed by atoms with E-state index in [0.717, 1.165) is 11.4 Å². The molecule has 0 unspecified atom stereocenters. The Bertz CT molecular complexity index is 533. The topological polar surface area (TPSA) is 24.7 Å². The van der Waals surface area contributed by atoms with Gasteiger partial charge in [-0.05, 0) is 31.2 Å². The lowest BCUT2D eigenvalue weighted by Crippen LogP contribution is -2.02. The summed E-state index contributed by atoms with van der Waals surface area (Å²) in [6, 6.07) is 17.7. The molecule has 2 rings (SSSR count). The van der Waals surface area contributed by atoms with E-state index in [2.05, 4.69) is 17.2 Å². The number of hydrogen-bond donors (Lipinski definition) is 0. The van der Waals surface area contributed by atoms with E-state index in [-0.39, 0.29) is 0 Å². The Kier molecular flexibility index (Phi) is 5.89. The maximum Gasteiger partial charge on any atom is 0.673 e. The first-order valence-corrected chi connectivity index (χ1v) is 5.75. The van der Waals surface area contributed by atoms with E-state index in [1.807, 2.05) is 54.6 Å². The maximum absolute atomic E-state index is 9.75. The minimum absolute atomic E-state index is 0.873. The van der Waals surface area contributed by atoms with Gasteiger partial charge in [0.25, 0.3) is 0 Å². The number of rotatable bonds is 2. The highest BCUT2D eigenvalue weighted by molar-refractivity contribution is 6.50. The van der Waals surface area contributed by atoms with E-state index in [1.165, 1.54) is 5.56 Å². The van der Waals surface area contributed by atoms with Crippen molar-refractivity contribution < 1.29 is 17.3 Å². The van der Waals surface area contributed by atoms with Gasteiger partial charge in [0.2, 0.25) is 0 Å². The van der Waals surface area contributed by atoms with Crippen molar-refractivity contribution in [2.24, 2.45) is 10.2 Å². The first kappa shape index (κ1) is 15.9. The molecule has 0 aliphatic heterocycles. The average Bonchev–Trinajstić information content (AvgIpc) is 2.37. The lowest BCUT2D eigenvalue weighted by Gasteiger charge is -1.94. The third kappa shape index (κ3) is 8.02. The van der Waals surface area contributed by atoms with Crippen molar-refractivity contribution in [3.05, 3.63) is 60.2 Å². The van der Waals surface area contributed by atoms with Crippen LogP contribution in [-0.2, 0) is 0 Å². The predicted octanol–water partition coefficient (Wildman–Crippen LogP) is 5.71. The zero-order valence-electron chi connectivity index (χ0n) is 10.7. The molecule has 0 heterocycles. The number of azo groups is 1. The van der Waals surface area contributed by atoms with Crippen LogP contribution in [0, 0.1) is 6.92 Å². The van der Waals surface area contributed by atoms with Crippen molar-refractivity contribution in [1.82, 2.24) is 0 Å². The van der Waals surface area contributed by atoms with Crippen LogP contribution in [0.4, 0.5) is 28.6 Å². The molecule has 2 aromatic carbocycles. The second-order valence-corrected chi connectivity index (χ2v) is 3.87. The van der Waals surface area contributed by atoms with Gasteiger partial charge < -0.3 is 17.3 Å². The number of nitrogens with zero attached hydrogens (tertiary/aromatic N) is 2. The van der Waals surface area contributed by atoms with Crippen LogP contribution in [0.25, 0.3) is 0 Å². The highest BCUT2D eigenvalue weighted by atomic mass is 19.5. The Morgan fingerprint density at radius 3 is 1.55 bits per heavy atom. The quantitative estimate of drug-likeness (QED) is 0.383. The molecule has 2 nitrogen and oxygen atoms in total. The van der Waals surface area contributed by atoms with Crippen molar-refractivity contribution in [2.75, 3.05) is 0 Å². The summed E-state index contributed by atoms with van der Waals surface area (Å²) >= 11 is 0. The van der Waals surface area contributed by atoms with Gasteiger partial charge in [-0.25, -0.2) is 0 Å². The third-order valence-electron chi connectivity index (χ3n) is 2.07. The van der Waals surface area contributed by atoms with Crippen LogP contribution < -0.4 is 0 Å². The molecule has 0 spiro atoms. The zero-order chi connectivity index (χ0) is 15.0. The summed E-state index contributed by atoms with van der Waals surface area (Å²) in [6.07, 6.45) is 0. The molecule has 0 amide bonds. The molecule has 0 saturated heterocycles. The minimum atomic E-state index is -6.00. The molecule has 0 aliphatic rings. The number of benzene rings is 2. The van der Waals surface area contributed by atoms with Crippen molar-refractivity contribution in [2.45, 2.75) is 6.92 Å². The molecule has 0 aromatic heterocycles. The molecule has 2 aromatic rings. The Labute approximate surface area is 114 Å². The molecule has 0 bridgehead atoms. The normalized spacial score (nSPS) is 11.1. The van der Waals surface area contributed by atoms with Gasteiger partial charge in [-0.3, -0.25) is 0 Å². The Balaban J connectivity index is 0.000000347. The van der Waals surface area contributed by atoms with Gasteiger partial charge in [0.15, 0.2) is 0 Å². The second-order valence-electron chi connectivity index (χ2n) is 3.87. The third-order valence-corrected chi connectivity index (χ3v) is 2.07. The molecule has 0 atom stereocenters. The van der Waals surface area contributed by atoms with E-state index in [9.17, 15) is 17.3 Å². The molecule has 106 valence electrons. The van der Waals surface area contributed by atoms with Crippen molar-refractivity contribution in [3.63, 3.8) is 0 Å². The highest BCUT2D eigenvalue weighted by Crippen LogP contribution is 2.17. The molecule has 20 heavy (non-hydrogen) atoms. The largest absolute Gasteiger partial charge is 0.673 e. The van der Waals surface area contributed by atoms with E-state index < -0.39 is 7.25 Å². The zero-order valence-corrected chi connectivity index (χ0v) is 10.7. The van der Waals surface area contributed by atoms with Gasteiger partial charge in [-0.15, -0.1) is 0 Å². The summed E-state index contributed by atoms with van der Waals surface area (Å²) < 4.78 is 39.0. The summed E-state index contributed by atoms with van der Waals surface area (Å²) in [5.74, 6) is 0. The van der Waals surface area contributed by atoms with Crippen molar-refractivity contribution in [1.29, 1.82) is 0 Å². The monoisotopic (exact) mass is 283 g/mol. The summed E-state index contributed by atoms with van der Waals surface area (Å²) in [7, 11) is -6.00. The minimum Gasteiger partial charge on any atom is -0.418 e. The van der Waals surface area contributed by atoms with Gasteiger partial charge in [-0.2, -0.15) is 10.2 Å². The maximum atomic E-state index is 9.75. The fraction of sp³-hybridized carbons (Fsp3) is 0.0769. The smallest absolute Gasteiger partial charge is 0.418 e. The lowest BCUT2D eigenvalue weighted by atomic mass is 10.2. The molecular weight excluding hydrogens is 271 g/mol. The first-order valence-electron chi connectivity index (χ1n) is 5.75. The van der Waals surface area contributed by atoms with Crippen molar-refractivity contribution >= 4 is 18.6 Å². The molecule has 0 aliphatic carbocycles. The van der Waals surface area contributed by atoms with Gasteiger partial charge in [-0.1, -0.05) is 35.9 Å². The molecule has 0 radical (unpaired) electrons. The van der Waals surface area contributed by atoms with Gasteiger partial charge in [0, 0.05) is 0 Å². The second kappa shape index (κ2) is 7.42. The van der Waals surface area contributed by atoms with Crippen LogP contribution in [0.2, 0.25) is 0 Å². The van der Waals surface area contributed by atoms with E-state index in [1.54, 1.807) is 0 Å². The van der Waals surface area contributed by atoms with Crippen LogP contribution in [0.15, 0.2) is 64.8 Å². The fourth-order valence-corrected chi connectivity index (χ4v) is 1.22. The SMILES string of the molecule is Cc1ccc(N=Nc2ccccc2)cc1.F[B-](F)(F)F. The van der Waals surface area contributed by atoms with Crippen LogP contribution in [0.3, 0.4) is 0 Å². The van der Waals surface area contributed by atoms with Gasteiger partial charge in [0.1, 0.15) is 0 Å². The van der Waals surface area contributed by atoms with Crippen molar-refractivity contribution in [3.8, 4) is 0 Å². The summed E-state index contributed by atoms with van der Waals surface area (Å²) in [6.45, 7) is 2.05. The van der Waals surface area contributed by atoms with Crippen LogP contribution in [0.1, 0.15) is 5.56 Å². The van der Waals surface area contributed by atoms with E-state index in [0.29, 0.717) is 0 Å².